The highest BCUT2D eigenvalue weighted by atomic mass is 31.1. The maximum Gasteiger partial charge on any atom is 0.407 e. The highest BCUT2D eigenvalue weighted by Gasteiger charge is 2.19. The molecule has 1 aliphatic heterocycles. The van der Waals surface area contributed by atoms with Gasteiger partial charge in [0, 0.05) is 41.3 Å². The van der Waals surface area contributed by atoms with Crippen molar-refractivity contribution in [2.45, 2.75) is 13.0 Å². The first-order valence-corrected chi connectivity index (χ1v) is 15.6. The van der Waals surface area contributed by atoms with E-state index in [0.717, 1.165) is 39.3 Å². The molecule has 3 heterocycles. The van der Waals surface area contributed by atoms with Crippen LogP contribution >= 0.6 is 17.2 Å². The van der Waals surface area contributed by atoms with E-state index >= 15 is 0 Å². The van der Waals surface area contributed by atoms with E-state index in [-0.39, 0.29) is 47.7 Å². The van der Waals surface area contributed by atoms with Crippen LogP contribution in [0, 0.1) is 11.8 Å². The van der Waals surface area contributed by atoms with Crippen molar-refractivity contribution in [2.24, 2.45) is 0 Å². The Kier molecular flexibility index (Phi) is 10.2. The summed E-state index contributed by atoms with van der Waals surface area (Å²) in [5.41, 5.74) is 6.89. The molecule has 0 saturated heterocycles. The molecule has 13 nitrogen and oxygen atoms in total. The van der Waals surface area contributed by atoms with Gasteiger partial charge in [-0.05, 0) is 46.9 Å². The molecule has 45 heavy (non-hydrogen) atoms. The average Bonchev–Trinajstić information content (AvgIpc) is 3.71. The molecule has 230 valence electrons. The van der Waals surface area contributed by atoms with Gasteiger partial charge in [0.2, 0.25) is 0 Å². The fourth-order valence-corrected chi connectivity index (χ4v) is 5.91. The molecule has 1 aliphatic rings. The number of aromatic nitrogens is 4. The monoisotopic (exact) mass is 646 g/mol. The molecule has 0 saturated carbocycles. The summed E-state index contributed by atoms with van der Waals surface area (Å²) in [5, 5.41) is 4.85. The third kappa shape index (κ3) is 8.32. The summed E-state index contributed by atoms with van der Waals surface area (Å²) in [5.74, 6) is 6.85. The van der Waals surface area contributed by atoms with Gasteiger partial charge in [0.15, 0.2) is 11.0 Å². The lowest BCUT2D eigenvalue weighted by atomic mass is 9.94. The predicted molar refractivity (Wildman–Crippen MR) is 170 cm³/mol. The Balaban J connectivity index is 1.20. The first-order valence-electron chi connectivity index (χ1n) is 13.6. The number of fused-ring (bicyclic) bond motifs is 3. The zero-order chi connectivity index (χ0) is 31.8. The van der Waals surface area contributed by atoms with Crippen LogP contribution in [-0.4, -0.2) is 70.5 Å². The number of nitrogens with zero attached hydrogens (tertiary/aromatic N) is 2. The van der Waals surface area contributed by atoms with Gasteiger partial charge >= 0.3 is 12.2 Å². The van der Waals surface area contributed by atoms with Gasteiger partial charge < -0.3 is 34.8 Å². The van der Waals surface area contributed by atoms with Crippen LogP contribution in [0.5, 0.6) is 5.75 Å². The number of carbonyl (C=O) groups excluding carboxylic acids is 4. The van der Waals surface area contributed by atoms with E-state index in [0.29, 0.717) is 23.4 Å². The minimum absolute atomic E-state index is 0.0280. The van der Waals surface area contributed by atoms with E-state index in [2.05, 4.69) is 51.9 Å². The number of hydrogen-bond acceptors (Lipinski definition) is 9. The molecule has 2 aromatic carbocycles. The number of hydrogen-bond donors (Lipinski definition) is 4. The van der Waals surface area contributed by atoms with Gasteiger partial charge in [-0.15, -0.1) is 0 Å². The van der Waals surface area contributed by atoms with Crippen LogP contribution in [0.4, 0.5) is 9.59 Å². The second-order valence-electron chi connectivity index (χ2n) is 9.52. The topological polar surface area (TPSA) is 177 Å². The second kappa shape index (κ2) is 14.6. The number of amides is 2. The summed E-state index contributed by atoms with van der Waals surface area (Å²) in [6.45, 7) is 0.450. The minimum atomic E-state index is -0.666. The molecule has 2 aromatic heterocycles. The van der Waals surface area contributed by atoms with Gasteiger partial charge in [0.1, 0.15) is 29.2 Å². The Labute approximate surface area is 261 Å². The number of aromatic amines is 2. The van der Waals surface area contributed by atoms with Crippen LogP contribution in [-0.2, 0) is 25.7 Å². The smallest absolute Gasteiger partial charge is 0.407 e. The Morgan fingerprint density at radius 1 is 0.889 bits per heavy atom. The number of benzene rings is 2. The van der Waals surface area contributed by atoms with Crippen molar-refractivity contribution in [3.63, 3.8) is 0 Å². The Morgan fingerprint density at radius 3 is 2.44 bits per heavy atom. The highest BCUT2D eigenvalue weighted by molar-refractivity contribution is 7.65. The number of rotatable bonds is 10. The summed E-state index contributed by atoms with van der Waals surface area (Å²) in [7, 11) is 2.10. The zero-order valence-electron chi connectivity index (χ0n) is 24.2. The summed E-state index contributed by atoms with van der Waals surface area (Å²) < 4.78 is 15.0. The zero-order valence-corrected chi connectivity index (χ0v) is 26.2. The molecule has 0 radical (unpaired) electrons. The van der Waals surface area contributed by atoms with Crippen LogP contribution < -0.4 is 26.5 Å². The van der Waals surface area contributed by atoms with Crippen LogP contribution in [0.2, 0.25) is 0 Å². The van der Waals surface area contributed by atoms with E-state index in [9.17, 15) is 19.2 Å². The first-order chi connectivity index (χ1) is 21.8. The van der Waals surface area contributed by atoms with Crippen molar-refractivity contribution in [3.8, 4) is 40.0 Å². The van der Waals surface area contributed by atoms with Gasteiger partial charge in [-0.2, -0.15) is 0 Å². The van der Waals surface area contributed by atoms with Gasteiger partial charge in [-0.1, -0.05) is 18.1 Å². The quantitative estimate of drug-likeness (QED) is 0.149. The SMILES string of the molecule is COC(=O)NCCC(=O)Pc1ncc(-c2ccc3c(c2)COc2cc(C#Cc4cnc(PC(=O)CNC(=O)OC)[nH]4)ccc2-3)[nH]1. The van der Waals surface area contributed by atoms with Crippen LogP contribution in [0.3, 0.4) is 0 Å². The lowest BCUT2D eigenvalue weighted by molar-refractivity contribution is -0.111. The van der Waals surface area contributed by atoms with E-state index in [1.54, 1.807) is 12.4 Å². The number of ether oxygens (including phenoxy) is 3. The molecule has 2 unspecified atom stereocenters. The number of carbonyl (C=O) groups is 4. The summed E-state index contributed by atoms with van der Waals surface area (Å²) in [4.78, 5) is 61.4. The lowest BCUT2D eigenvalue weighted by Crippen LogP contribution is -2.28. The molecular weight excluding hydrogens is 618 g/mol. The number of H-pyrrole nitrogens is 2. The summed E-state index contributed by atoms with van der Waals surface area (Å²) in [6, 6.07) is 11.9. The normalized spacial score (nSPS) is 11.7. The Hall–Kier alpha value is -5.04. The van der Waals surface area contributed by atoms with Crippen molar-refractivity contribution in [2.75, 3.05) is 27.3 Å². The van der Waals surface area contributed by atoms with Crippen molar-refractivity contribution >= 4 is 51.5 Å². The standard InChI is InChI=1S/C30H28N6O7P2/c1-41-29(39)31-10-9-25(37)44-28-33-14-23(36-28)18-5-8-21-19(12-18)16-43-24-11-17(4-7-22(21)24)3-6-20-13-32-27(35-20)45-26(38)15-34-30(40)42-2/h4-5,7-8,11-14,44-45H,9-10,15-16H2,1-2H3,(H,31,39)(H,32,35)(H,33,36)(H,34,40). The van der Waals surface area contributed by atoms with Crippen molar-refractivity contribution in [1.82, 2.24) is 30.6 Å². The fraction of sp³-hybridized carbons (Fsp3) is 0.200. The largest absolute Gasteiger partial charge is 0.488 e. The third-order valence-corrected chi connectivity index (χ3v) is 8.43. The molecule has 0 fully saturated rings. The number of imidazole rings is 2. The molecule has 0 bridgehead atoms. The summed E-state index contributed by atoms with van der Waals surface area (Å²) >= 11 is 0. The molecule has 5 rings (SSSR count). The number of alkyl carbamates (subject to hydrolysis) is 2. The van der Waals surface area contributed by atoms with E-state index < -0.39 is 12.2 Å². The predicted octanol–water partition coefficient (Wildman–Crippen LogP) is 2.52. The number of nitrogens with one attached hydrogen (secondary N) is 4. The Morgan fingerprint density at radius 2 is 1.62 bits per heavy atom. The summed E-state index contributed by atoms with van der Waals surface area (Å²) in [6.07, 6.45) is 2.22. The minimum Gasteiger partial charge on any atom is -0.488 e. The van der Waals surface area contributed by atoms with Gasteiger partial charge in [-0.3, -0.25) is 9.59 Å². The fourth-order valence-electron chi connectivity index (χ4n) is 4.31. The molecule has 2 atom stereocenters. The first kappa shape index (κ1) is 31.4. The Bertz CT molecular complexity index is 1820. The second-order valence-corrected chi connectivity index (χ2v) is 12.1. The molecule has 2 amide bonds. The maximum atomic E-state index is 12.3. The van der Waals surface area contributed by atoms with E-state index in [4.69, 9.17) is 4.74 Å². The van der Waals surface area contributed by atoms with Crippen molar-refractivity contribution < 1.29 is 33.4 Å². The van der Waals surface area contributed by atoms with Crippen LogP contribution in [0.1, 0.15) is 23.2 Å². The van der Waals surface area contributed by atoms with Crippen LogP contribution in [0.15, 0.2) is 48.8 Å². The lowest BCUT2D eigenvalue weighted by Gasteiger charge is -2.21. The van der Waals surface area contributed by atoms with Gasteiger partial charge in [0.05, 0.1) is 38.9 Å². The van der Waals surface area contributed by atoms with Crippen LogP contribution in [0.25, 0.3) is 22.4 Å². The van der Waals surface area contributed by atoms with Crippen molar-refractivity contribution in [3.05, 3.63) is 65.6 Å². The highest BCUT2D eigenvalue weighted by Crippen LogP contribution is 2.39. The van der Waals surface area contributed by atoms with E-state index in [1.165, 1.54) is 14.2 Å². The maximum absolute atomic E-state index is 12.3. The molecule has 15 heteroatoms. The molecule has 4 N–H and O–H groups in total. The van der Waals surface area contributed by atoms with E-state index in [1.807, 2.05) is 36.4 Å². The van der Waals surface area contributed by atoms with Gasteiger partial charge in [0.25, 0.3) is 0 Å². The number of methoxy groups -OCH3 is 2. The molecule has 0 aliphatic carbocycles. The molecule has 4 aromatic rings. The third-order valence-electron chi connectivity index (χ3n) is 6.47. The molecular formula is C30H28N6O7P2. The van der Waals surface area contributed by atoms with Gasteiger partial charge in [-0.25, -0.2) is 19.6 Å². The van der Waals surface area contributed by atoms with Crippen molar-refractivity contribution in [1.29, 1.82) is 0 Å². The molecule has 0 spiro atoms. The average molecular weight is 647 g/mol.